The fourth-order valence-electron chi connectivity index (χ4n) is 3.61. The summed E-state index contributed by atoms with van der Waals surface area (Å²) in [5, 5.41) is 3.45. The lowest BCUT2D eigenvalue weighted by Crippen LogP contribution is -2.25. The number of amides is 1. The molecule has 3 aromatic rings. The molecule has 32 heavy (non-hydrogen) atoms. The maximum atomic E-state index is 12.9. The molecule has 1 fully saturated rings. The summed E-state index contributed by atoms with van der Waals surface area (Å²) < 4.78 is 6.95. The molecule has 4 rings (SSSR count). The van der Waals surface area contributed by atoms with Crippen molar-refractivity contribution in [2.75, 3.05) is 11.9 Å². The van der Waals surface area contributed by atoms with Gasteiger partial charge in [-0.2, -0.15) is 0 Å². The lowest BCUT2D eigenvalue weighted by atomic mass is 10.2. The average Bonchev–Trinajstić information content (AvgIpc) is 3.63. The maximum absolute atomic E-state index is 12.9. The number of esters is 1. The van der Waals surface area contributed by atoms with Crippen molar-refractivity contribution in [3.63, 3.8) is 0 Å². The van der Waals surface area contributed by atoms with Gasteiger partial charge in [-0.15, -0.1) is 0 Å². The number of rotatable bonds is 9. The minimum absolute atomic E-state index is 0.0325. The number of hydrogen-bond donors (Lipinski definition) is 1. The van der Waals surface area contributed by atoms with Crippen molar-refractivity contribution in [2.24, 2.45) is 0 Å². The van der Waals surface area contributed by atoms with Crippen LogP contribution in [0.5, 0.6) is 0 Å². The van der Waals surface area contributed by atoms with Crippen LogP contribution in [0.3, 0.4) is 0 Å². The number of benzene rings is 2. The maximum Gasteiger partial charge on any atom is 0.338 e. The summed E-state index contributed by atoms with van der Waals surface area (Å²) in [6, 6.07) is 14.1. The van der Waals surface area contributed by atoms with Gasteiger partial charge in [-0.3, -0.25) is 14.2 Å². The minimum atomic E-state index is -0.364. The molecule has 1 aromatic heterocycles. The van der Waals surface area contributed by atoms with E-state index in [9.17, 15) is 14.4 Å². The van der Waals surface area contributed by atoms with Crippen LogP contribution >= 0.6 is 0 Å². The van der Waals surface area contributed by atoms with E-state index in [1.165, 1.54) is 0 Å². The monoisotopic (exact) mass is 433 g/mol. The molecular weight excluding hydrogens is 406 g/mol. The Labute approximate surface area is 186 Å². The standard InChI is InChI=1S/C25H27N3O4/c1-2-3-16-32-25(31)17-8-10-18(11-9-17)26-23(29)15-14-22-27-21-7-5-4-6-20(21)24(30)28(22)19-12-13-19/h4-11,19H,2-3,12-16H2,1H3,(H,26,29). The van der Waals surface area contributed by atoms with Crippen molar-refractivity contribution in [3.8, 4) is 0 Å². The molecule has 0 atom stereocenters. The average molecular weight is 434 g/mol. The largest absolute Gasteiger partial charge is 0.462 e. The Morgan fingerprint density at radius 2 is 1.88 bits per heavy atom. The smallest absolute Gasteiger partial charge is 0.338 e. The summed E-state index contributed by atoms with van der Waals surface area (Å²) >= 11 is 0. The number of anilines is 1. The van der Waals surface area contributed by atoms with Crippen LogP contribution in [0.4, 0.5) is 5.69 Å². The zero-order valence-corrected chi connectivity index (χ0v) is 18.2. The number of carbonyl (C=O) groups is 2. The molecule has 0 radical (unpaired) electrons. The Morgan fingerprint density at radius 3 is 2.59 bits per heavy atom. The van der Waals surface area contributed by atoms with Crippen molar-refractivity contribution in [1.29, 1.82) is 0 Å². The summed E-state index contributed by atoms with van der Waals surface area (Å²) in [4.78, 5) is 42.1. The Kier molecular flexibility index (Phi) is 6.63. The molecule has 0 unspecified atom stereocenters. The van der Waals surface area contributed by atoms with E-state index in [0.717, 1.165) is 25.7 Å². The van der Waals surface area contributed by atoms with Gasteiger partial charge in [-0.1, -0.05) is 25.5 Å². The number of aromatic nitrogens is 2. The highest BCUT2D eigenvalue weighted by molar-refractivity contribution is 5.93. The van der Waals surface area contributed by atoms with Crippen molar-refractivity contribution in [2.45, 2.75) is 51.5 Å². The van der Waals surface area contributed by atoms with Gasteiger partial charge >= 0.3 is 5.97 Å². The number of nitrogens with one attached hydrogen (secondary N) is 1. The molecule has 0 bridgehead atoms. The molecule has 0 aliphatic heterocycles. The van der Waals surface area contributed by atoms with Crippen LogP contribution in [0.15, 0.2) is 53.3 Å². The van der Waals surface area contributed by atoms with Crippen molar-refractivity contribution in [3.05, 3.63) is 70.3 Å². The number of nitrogens with zero attached hydrogens (tertiary/aromatic N) is 2. The van der Waals surface area contributed by atoms with E-state index in [-0.39, 0.29) is 29.9 Å². The highest BCUT2D eigenvalue weighted by atomic mass is 16.5. The van der Waals surface area contributed by atoms with Crippen LogP contribution < -0.4 is 10.9 Å². The zero-order valence-electron chi connectivity index (χ0n) is 18.2. The fraction of sp³-hybridized carbons (Fsp3) is 0.360. The van der Waals surface area contributed by atoms with Gasteiger partial charge in [0.2, 0.25) is 5.91 Å². The fourth-order valence-corrected chi connectivity index (χ4v) is 3.61. The first-order valence-electron chi connectivity index (χ1n) is 11.1. The molecule has 7 heteroatoms. The first-order chi connectivity index (χ1) is 15.6. The SMILES string of the molecule is CCCCOC(=O)c1ccc(NC(=O)CCc2nc3ccccc3c(=O)n2C2CC2)cc1. The van der Waals surface area contributed by atoms with Crippen LogP contribution in [0.2, 0.25) is 0 Å². The highest BCUT2D eigenvalue weighted by Gasteiger charge is 2.28. The number of aryl methyl sites for hydroxylation is 1. The number of ether oxygens (including phenoxy) is 1. The molecule has 1 aliphatic rings. The molecular formula is C25H27N3O4. The van der Waals surface area contributed by atoms with Crippen LogP contribution in [0.25, 0.3) is 10.9 Å². The molecule has 1 N–H and O–H groups in total. The normalized spacial score (nSPS) is 13.2. The lowest BCUT2D eigenvalue weighted by molar-refractivity contribution is -0.116. The van der Waals surface area contributed by atoms with Gasteiger partial charge in [0.25, 0.3) is 5.56 Å². The molecule has 2 aromatic carbocycles. The first kappa shape index (κ1) is 21.7. The zero-order chi connectivity index (χ0) is 22.5. The van der Waals surface area contributed by atoms with Gasteiger partial charge in [-0.05, 0) is 55.7 Å². The van der Waals surface area contributed by atoms with Gasteiger partial charge in [-0.25, -0.2) is 9.78 Å². The van der Waals surface area contributed by atoms with E-state index in [1.54, 1.807) is 34.9 Å². The summed E-state index contributed by atoms with van der Waals surface area (Å²) in [5.74, 6) is 0.112. The van der Waals surface area contributed by atoms with E-state index in [0.29, 0.717) is 41.0 Å². The summed E-state index contributed by atoms with van der Waals surface area (Å²) in [7, 11) is 0. The molecule has 0 spiro atoms. The van der Waals surface area contributed by atoms with Gasteiger partial charge in [0.1, 0.15) is 5.82 Å². The Morgan fingerprint density at radius 1 is 1.12 bits per heavy atom. The number of carbonyl (C=O) groups excluding carboxylic acids is 2. The number of fused-ring (bicyclic) bond motifs is 1. The van der Waals surface area contributed by atoms with E-state index in [1.807, 2.05) is 25.1 Å². The number of para-hydroxylation sites is 1. The second-order valence-electron chi connectivity index (χ2n) is 8.07. The van der Waals surface area contributed by atoms with E-state index in [2.05, 4.69) is 10.3 Å². The first-order valence-corrected chi connectivity index (χ1v) is 11.1. The van der Waals surface area contributed by atoms with Crippen molar-refractivity contribution < 1.29 is 14.3 Å². The van der Waals surface area contributed by atoms with Crippen LogP contribution in [-0.4, -0.2) is 28.0 Å². The third kappa shape index (κ3) is 5.04. The van der Waals surface area contributed by atoms with E-state index >= 15 is 0 Å². The lowest BCUT2D eigenvalue weighted by Gasteiger charge is -2.13. The topological polar surface area (TPSA) is 90.3 Å². The minimum Gasteiger partial charge on any atom is -0.462 e. The van der Waals surface area contributed by atoms with Crippen molar-refractivity contribution in [1.82, 2.24) is 9.55 Å². The van der Waals surface area contributed by atoms with Crippen LogP contribution in [0.1, 0.15) is 61.3 Å². The Hall–Kier alpha value is -3.48. The molecule has 1 aliphatic carbocycles. The summed E-state index contributed by atoms with van der Waals surface area (Å²) in [6.07, 6.45) is 4.31. The summed E-state index contributed by atoms with van der Waals surface area (Å²) in [5.41, 5.74) is 1.68. The molecule has 1 amide bonds. The Bertz CT molecular complexity index is 1180. The third-order valence-electron chi connectivity index (χ3n) is 5.50. The predicted octanol–water partition coefficient (Wildman–Crippen LogP) is 4.26. The molecule has 7 nitrogen and oxygen atoms in total. The van der Waals surface area contributed by atoms with Gasteiger partial charge in [0.15, 0.2) is 0 Å². The Balaban J connectivity index is 1.39. The summed E-state index contributed by atoms with van der Waals surface area (Å²) in [6.45, 7) is 2.44. The van der Waals surface area contributed by atoms with E-state index < -0.39 is 0 Å². The van der Waals surface area contributed by atoms with Crippen LogP contribution in [0, 0.1) is 0 Å². The third-order valence-corrected chi connectivity index (χ3v) is 5.50. The number of unbranched alkanes of at least 4 members (excludes halogenated alkanes) is 1. The van der Waals surface area contributed by atoms with Crippen LogP contribution in [-0.2, 0) is 16.0 Å². The molecule has 1 heterocycles. The molecule has 1 saturated carbocycles. The highest BCUT2D eigenvalue weighted by Crippen LogP contribution is 2.34. The van der Waals surface area contributed by atoms with Gasteiger partial charge in [0, 0.05) is 24.6 Å². The molecule has 166 valence electrons. The van der Waals surface area contributed by atoms with Crippen molar-refractivity contribution >= 4 is 28.5 Å². The predicted molar refractivity (Wildman–Crippen MR) is 123 cm³/mol. The van der Waals surface area contributed by atoms with Gasteiger partial charge in [0.05, 0.1) is 23.1 Å². The number of hydrogen-bond acceptors (Lipinski definition) is 5. The second kappa shape index (κ2) is 9.77. The van der Waals surface area contributed by atoms with E-state index in [4.69, 9.17) is 4.74 Å². The van der Waals surface area contributed by atoms with Gasteiger partial charge < -0.3 is 10.1 Å². The quantitative estimate of drug-likeness (QED) is 0.402. The second-order valence-corrected chi connectivity index (χ2v) is 8.07. The molecule has 0 saturated heterocycles.